The van der Waals surface area contributed by atoms with Crippen molar-refractivity contribution in [2.45, 2.75) is 25.4 Å². The Bertz CT molecular complexity index is 768. The highest BCUT2D eigenvalue weighted by Gasteiger charge is 2.26. The van der Waals surface area contributed by atoms with Gasteiger partial charge in [-0.2, -0.15) is 0 Å². The number of hydrogen-bond acceptors (Lipinski definition) is 5. The Labute approximate surface area is 184 Å². The van der Waals surface area contributed by atoms with Gasteiger partial charge in [-0.15, -0.1) is 0 Å². The third-order valence-electron chi connectivity index (χ3n) is 5.45. The Morgan fingerprint density at radius 2 is 1.81 bits per heavy atom. The highest BCUT2D eigenvalue weighted by atomic mass is 16.5. The summed E-state index contributed by atoms with van der Waals surface area (Å²) >= 11 is 0. The molecule has 1 heterocycles. The van der Waals surface area contributed by atoms with E-state index in [4.69, 9.17) is 9.73 Å². The number of hydrogen-bond donors (Lipinski definition) is 2. The van der Waals surface area contributed by atoms with Crippen molar-refractivity contribution in [3.05, 3.63) is 29.8 Å². The topological polar surface area (TPSA) is 89.5 Å². The number of nitrogens with zero attached hydrogens (tertiary/aromatic N) is 4. The van der Waals surface area contributed by atoms with Gasteiger partial charge < -0.3 is 25.2 Å². The van der Waals surface area contributed by atoms with Crippen LogP contribution >= 0.6 is 0 Å². The van der Waals surface area contributed by atoms with E-state index in [2.05, 4.69) is 20.4 Å². The number of nitrogens with one attached hydrogen (secondary N) is 2. The molecule has 2 amide bonds. The lowest BCUT2D eigenvalue weighted by molar-refractivity contribution is -0.127. The summed E-state index contributed by atoms with van der Waals surface area (Å²) in [5.41, 5.74) is 1.06. The SMILES string of the molecule is COc1ccc(CN=C(NCC(=O)N(C)C)N2CCN(CC(=O)NC3CC3)CC2)cc1. The number of carbonyl (C=O) groups is 2. The van der Waals surface area contributed by atoms with E-state index in [9.17, 15) is 9.59 Å². The van der Waals surface area contributed by atoms with Crippen LogP contribution in [0.3, 0.4) is 0 Å². The lowest BCUT2D eigenvalue weighted by atomic mass is 10.2. The smallest absolute Gasteiger partial charge is 0.241 e. The van der Waals surface area contributed by atoms with Gasteiger partial charge >= 0.3 is 0 Å². The van der Waals surface area contributed by atoms with Crippen molar-refractivity contribution in [1.29, 1.82) is 0 Å². The van der Waals surface area contributed by atoms with Crippen molar-refractivity contribution >= 4 is 17.8 Å². The minimum absolute atomic E-state index is 0.00692. The van der Waals surface area contributed by atoms with E-state index in [1.54, 1.807) is 26.1 Å². The van der Waals surface area contributed by atoms with Crippen molar-refractivity contribution in [2.24, 2.45) is 4.99 Å². The van der Waals surface area contributed by atoms with Gasteiger partial charge in [0.2, 0.25) is 11.8 Å². The molecule has 0 bridgehead atoms. The van der Waals surface area contributed by atoms with Gasteiger partial charge in [-0.1, -0.05) is 12.1 Å². The fraction of sp³-hybridized carbons (Fsp3) is 0.591. The number of methoxy groups -OCH3 is 1. The summed E-state index contributed by atoms with van der Waals surface area (Å²) in [6, 6.07) is 8.20. The maximum absolute atomic E-state index is 12.1. The van der Waals surface area contributed by atoms with Crippen LogP contribution in [-0.2, 0) is 16.1 Å². The van der Waals surface area contributed by atoms with Gasteiger partial charge in [0.15, 0.2) is 5.96 Å². The Kier molecular flexibility index (Phi) is 8.11. The molecule has 0 atom stereocenters. The second-order valence-corrected chi connectivity index (χ2v) is 8.23. The fourth-order valence-corrected chi connectivity index (χ4v) is 3.30. The summed E-state index contributed by atoms with van der Waals surface area (Å²) in [6.07, 6.45) is 2.20. The lowest BCUT2D eigenvalue weighted by Gasteiger charge is -2.36. The first-order valence-corrected chi connectivity index (χ1v) is 10.8. The minimum atomic E-state index is -0.00692. The maximum atomic E-state index is 12.1. The number of guanidine groups is 1. The molecule has 1 saturated carbocycles. The quantitative estimate of drug-likeness (QED) is 0.450. The van der Waals surface area contributed by atoms with Crippen LogP contribution in [0.5, 0.6) is 5.75 Å². The minimum Gasteiger partial charge on any atom is -0.497 e. The molecule has 9 heteroatoms. The summed E-state index contributed by atoms with van der Waals surface area (Å²) in [5, 5.41) is 6.26. The molecule has 1 aliphatic carbocycles. The van der Waals surface area contributed by atoms with Gasteiger partial charge in [-0.3, -0.25) is 14.5 Å². The van der Waals surface area contributed by atoms with Gasteiger partial charge in [-0.05, 0) is 30.5 Å². The van der Waals surface area contributed by atoms with Crippen LogP contribution < -0.4 is 15.4 Å². The average molecular weight is 431 g/mol. The third-order valence-corrected chi connectivity index (χ3v) is 5.45. The van der Waals surface area contributed by atoms with Crippen molar-refractivity contribution in [3.63, 3.8) is 0 Å². The number of rotatable bonds is 8. The number of ether oxygens (including phenoxy) is 1. The summed E-state index contributed by atoms with van der Waals surface area (Å²) in [6.45, 7) is 4.20. The Morgan fingerprint density at radius 3 is 2.39 bits per heavy atom. The van der Waals surface area contributed by atoms with Crippen molar-refractivity contribution in [1.82, 2.24) is 25.3 Å². The molecule has 170 valence electrons. The van der Waals surface area contributed by atoms with E-state index in [1.807, 2.05) is 24.3 Å². The molecule has 0 unspecified atom stereocenters. The number of piperazine rings is 1. The molecule has 0 spiro atoms. The first-order valence-electron chi connectivity index (χ1n) is 10.8. The number of amides is 2. The molecule has 0 aromatic heterocycles. The standard InChI is InChI=1S/C22H34N6O3/c1-26(2)21(30)15-24-22(23-14-17-4-8-19(31-3)9-5-17)28-12-10-27(11-13-28)16-20(29)25-18-6-7-18/h4-5,8-9,18H,6-7,10-16H2,1-3H3,(H,23,24)(H,25,29). The number of carbonyl (C=O) groups excluding carboxylic acids is 2. The number of likely N-dealkylation sites (N-methyl/N-ethyl adjacent to an activating group) is 1. The largest absolute Gasteiger partial charge is 0.497 e. The summed E-state index contributed by atoms with van der Waals surface area (Å²) < 4.78 is 5.21. The highest BCUT2D eigenvalue weighted by Crippen LogP contribution is 2.18. The second-order valence-electron chi connectivity index (χ2n) is 8.23. The average Bonchev–Trinajstić information content (AvgIpc) is 3.58. The Balaban J connectivity index is 1.57. The van der Waals surface area contributed by atoms with Gasteiger partial charge in [0.1, 0.15) is 5.75 Å². The molecule has 31 heavy (non-hydrogen) atoms. The third kappa shape index (κ3) is 7.43. The first kappa shape index (κ1) is 22.9. The fourth-order valence-electron chi connectivity index (χ4n) is 3.30. The zero-order chi connectivity index (χ0) is 22.2. The molecule has 1 aromatic rings. The van der Waals surface area contributed by atoms with Crippen LogP contribution in [-0.4, -0.2) is 99.0 Å². The molecule has 2 aliphatic rings. The zero-order valence-electron chi connectivity index (χ0n) is 18.8. The normalized spacial score (nSPS) is 17.3. The predicted octanol–water partition coefficient (Wildman–Crippen LogP) is 0.125. The highest BCUT2D eigenvalue weighted by molar-refractivity contribution is 5.86. The van der Waals surface area contributed by atoms with E-state index in [0.717, 1.165) is 50.3 Å². The molecule has 9 nitrogen and oxygen atoms in total. The van der Waals surface area contributed by atoms with E-state index in [0.29, 0.717) is 25.1 Å². The number of benzene rings is 1. The second kappa shape index (κ2) is 11.0. The maximum Gasteiger partial charge on any atom is 0.241 e. The van der Waals surface area contributed by atoms with Crippen LogP contribution in [0.4, 0.5) is 0 Å². The Hall–Kier alpha value is -2.81. The van der Waals surface area contributed by atoms with Gasteiger partial charge in [-0.25, -0.2) is 4.99 Å². The summed E-state index contributed by atoms with van der Waals surface area (Å²) in [5.74, 6) is 1.63. The number of aliphatic imine (C=N–C) groups is 1. The summed E-state index contributed by atoms with van der Waals surface area (Å²) in [4.78, 5) is 34.8. The van der Waals surface area contributed by atoms with Crippen molar-refractivity contribution < 1.29 is 14.3 Å². The molecule has 3 rings (SSSR count). The first-order chi connectivity index (χ1) is 14.9. The molecule has 1 aliphatic heterocycles. The van der Waals surface area contributed by atoms with Gasteiger partial charge in [0, 0.05) is 46.3 Å². The molecule has 1 saturated heterocycles. The van der Waals surface area contributed by atoms with E-state index < -0.39 is 0 Å². The molecule has 2 fully saturated rings. The van der Waals surface area contributed by atoms with E-state index in [-0.39, 0.29) is 18.4 Å². The van der Waals surface area contributed by atoms with E-state index >= 15 is 0 Å². The van der Waals surface area contributed by atoms with Gasteiger partial charge in [0.25, 0.3) is 0 Å². The van der Waals surface area contributed by atoms with E-state index in [1.165, 1.54) is 0 Å². The van der Waals surface area contributed by atoms with Crippen LogP contribution in [0, 0.1) is 0 Å². The van der Waals surface area contributed by atoms with Crippen molar-refractivity contribution in [2.75, 3.05) is 60.5 Å². The Morgan fingerprint density at radius 1 is 1.13 bits per heavy atom. The van der Waals surface area contributed by atoms with Gasteiger partial charge in [0.05, 0.1) is 26.7 Å². The van der Waals surface area contributed by atoms with Crippen LogP contribution in [0.25, 0.3) is 0 Å². The van der Waals surface area contributed by atoms with Crippen molar-refractivity contribution in [3.8, 4) is 5.75 Å². The van der Waals surface area contributed by atoms with Crippen LogP contribution in [0.15, 0.2) is 29.3 Å². The van der Waals surface area contributed by atoms with Crippen LogP contribution in [0.1, 0.15) is 18.4 Å². The molecule has 0 radical (unpaired) electrons. The molecule has 2 N–H and O–H groups in total. The summed E-state index contributed by atoms with van der Waals surface area (Å²) in [7, 11) is 5.12. The monoisotopic (exact) mass is 430 g/mol. The zero-order valence-corrected chi connectivity index (χ0v) is 18.8. The molecular formula is C22H34N6O3. The molecule has 1 aromatic carbocycles. The molecular weight excluding hydrogens is 396 g/mol. The lowest BCUT2D eigenvalue weighted by Crippen LogP contribution is -2.55. The van der Waals surface area contributed by atoms with Crippen LogP contribution in [0.2, 0.25) is 0 Å². The predicted molar refractivity (Wildman–Crippen MR) is 120 cm³/mol.